The Labute approximate surface area is 166 Å². The smallest absolute Gasteiger partial charge is 0.151 e. The van der Waals surface area contributed by atoms with E-state index in [1.165, 1.54) is 36.4 Å². The highest BCUT2D eigenvalue weighted by atomic mass is 19.1. The fourth-order valence-electron chi connectivity index (χ4n) is 3.16. The van der Waals surface area contributed by atoms with Crippen molar-refractivity contribution < 1.29 is 17.6 Å². The van der Waals surface area contributed by atoms with Crippen molar-refractivity contribution in [3.8, 4) is 17.9 Å². The Hall–Kier alpha value is -3.31. The Kier molecular flexibility index (Phi) is 6.20. The van der Waals surface area contributed by atoms with Crippen molar-refractivity contribution in [2.75, 3.05) is 0 Å². The molecule has 0 fully saturated rings. The first kappa shape index (κ1) is 20.4. The molecule has 3 rings (SSSR count). The van der Waals surface area contributed by atoms with Gasteiger partial charge in [0.2, 0.25) is 0 Å². The van der Waals surface area contributed by atoms with Gasteiger partial charge in [-0.1, -0.05) is 43.7 Å². The van der Waals surface area contributed by atoms with Gasteiger partial charge in [-0.05, 0) is 42.7 Å². The van der Waals surface area contributed by atoms with Crippen molar-refractivity contribution >= 4 is 10.8 Å². The van der Waals surface area contributed by atoms with Gasteiger partial charge in [-0.15, -0.1) is 0 Å². The number of unbranched alkanes of at least 4 members (excludes halogenated alkanes) is 2. The topological polar surface area (TPSA) is 23.8 Å². The van der Waals surface area contributed by atoms with E-state index >= 15 is 0 Å². The van der Waals surface area contributed by atoms with Crippen molar-refractivity contribution in [3.05, 3.63) is 81.9 Å². The number of aryl methyl sites for hydroxylation is 1. The summed E-state index contributed by atoms with van der Waals surface area (Å²) in [6.07, 6.45) is 3.42. The third-order valence-corrected chi connectivity index (χ3v) is 4.68. The van der Waals surface area contributed by atoms with E-state index in [1.807, 2.05) is 6.92 Å². The molecule has 0 spiro atoms. The highest BCUT2D eigenvalue weighted by molar-refractivity contribution is 5.90. The van der Waals surface area contributed by atoms with Crippen molar-refractivity contribution in [1.29, 1.82) is 5.26 Å². The number of rotatable bonds is 4. The summed E-state index contributed by atoms with van der Waals surface area (Å²) in [6.45, 7) is 2.05. The molecule has 0 aliphatic heterocycles. The number of fused-ring (bicyclic) bond motifs is 1. The highest BCUT2D eigenvalue weighted by Crippen LogP contribution is 2.26. The van der Waals surface area contributed by atoms with E-state index in [-0.39, 0.29) is 16.3 Å². The quantitative estimate of drug-likeness (QED) is 0.285. The molecule has 5 heteroatoms. The summed E-state index contributed by atoms with van der Waals surface area (Å²) >= 11 is 0. The fraction of sp³-hybridized carbons (Fsp3) is 0.208. The van der Waals surface area contributed by atoms with E-state index < -0.39 is 34.4 Å². The van der Waals surface area contributed by atoms with Gasteiger partial charge in [-0.2, -0.15) is 5.26 Å². The van der Waals surface area contributed by atoms with Crippen LogP contribution in [0.2, 0.25) is 0 Å². The van der Waals surface area contributed by atoms with Gasteiger partial charge >= 0.3 is 0 Å². The maximum Gasteiger partial charge on any atom is 0.151 e. The first-order valence-corrected chi connectivity index (χ1v) is 9.27. The Morgan fingerprint density at radius 3 is 2.17 bits per heavy atom. The minimum atomic E-state index is -1.01. The van der Waals surface area contributed by atoms with Crippen LogP contribution in [-0.4, -0.2) is 0 Å². The van der Waals surface area contributed by atoms with Crippen LogP contribution in [-0.2, 0) is 6.42 Å². The Morgan fingerprint density at radius 1 is 0.828 bits per heavy atom. The fourth-order valence-corrected chi connectivity index (χ4v) is 3.16. The number of hydrogen-bond acceptors (Lipinski definition) is 1. The zero-order valence-corrected chi connectivity index (χ0v) is 15.8. The van der Waals surface area contributed by atoms with E-state index in [9.17, 15) is 17.6 Å². The SMILES string of the molecule is CCCCCc1cc(F)c(C#Cc2cccc3c(F)c(C#N)c(F)cc23)c(F)c1. The number of nitriles is 1. The lowest BCUT2D eigenvalue weighted by atomic mass is 10.0. The van der Waals surface area contributed by atoms with Gasteiger partial charge in [0.25, 0.3) is 0 Å². The van der Waals surface area contributed by atoms with Crippen molar-refractivity contribution in [2.24, 2.45) is 0 Å². The summed E-state index contributed by atoms with van der Waals surface area (Å²) in [6, 6.07) is 9.40. The minimum absolute atomic E-state index is 0.0157. The second kappa shape index (κ2) is 8.80. The molecular formula is C24H17F4N. The van der Waals surface area contributed by atoms with Crippen LogP contribution >= 0.6 is 0 Å². The lowest BCUT2D eigenvalue weighted by Crippen LogP contribution is -1.96. The van der Waals surface area contributed by atoms with Crippen LogP contribution in [0.25, 0.3) is 10.8 Å². The molecule has 3 aromatic carbocycles. The summed E-state index contributed by atoms with van der Waals surface area (Å²) < 4.78 is 57.1. The van der Waals surface area contributed by atoms with Gasteiger partial charge in [0.15, 0.2) is 5.82 Å². The molecule has 1 nitrogen and oxygen atoms in total. The average molecular weight is 395 g/mol. The van der Waals surface area contributed by atoms with Crippen LogP contribution in [0, 0.1) is 46.4 Å². The molecule has 0 radical (unpaired) electrons. The largest absolute Gasteiger partial charge is 0.206 e. The first-order valence-electron chi connectivity index (χ1n) is 9.27. The average Bonchev–Trinajstić information content (AvgIpc) is 2.68. The molecule has 0 unspecified atom stereocenters. The lowest BCUT2D eigenvalue weighted by Gasteiger charge is -2.05. The lowest BCUT2D eigenvalue weighted by molar-refractivity contribution is 0.572. The van der Waals surface area contributed by atoms with Crippen molar-refractivity contribution in [2.45, 2.75) is 32.6 Å². The minimum Gasteiger partial charge on any atom is -0.206 e. The molecule has 29 heavy (non-hydrogen) atoms. The summed E-state index contributed by atoms with van der Waals surface area (Å²) in [5.74, 6) is 1.51. The van der Waals surface area contributed by atoms with Crippen LogP contribution in [0.3, 0.4) is 0 Å². The maximum atomic E-state index is 14.4. The van der Waals surface area contributed by atoms with Crippen LogP contribution in [0.15, 0.2) is 36.4 Å². The molecule has 0 aliphatic rings. The van der Waals surface area contributed by atoms with Gasteiger partial charge in [-0.3, -0.25) is 0 Å². The summed E-state index contributed by atoms with van der Waals surface area (Å²) in [4.78, 5) is 0. The second-order valence-electron chi connectivity index (χ2n) is 6.70. The third-order valence-electron chi connectivity index (χ3n) is 4.68. The van der Waals surface area contributed by atoms with Crippen LogP contribution in [0.4, 0.5) is 17.6 Å². The highest BCUT2D eigenvalue weighted by Gasteiger charge is 2.15. The molecule has 0 bridgehead atoms. The van der Waals surface area contributed by atoms with Crippen LogP contribution in [0.5, 0.6) is 0 Å². The van der Waals surface area contributed by atoms with E-state index in [4.69, 9.17) is 5.26 Å². The standard InChI is InChI=1S/C24H17F4N/c1-2-3-4-6-15-11-21(25)18(22(26)12-15)10-9-16-7-5-8-17-19(16)13-23(27)20(14-29)24(17)28/h5,7-8,11-13H,2-4,6H2,1H3. The third kappa shape index (κ3) is 4.25. The number of hydrogen-bond donors (Lipinski definition) is 0. The molecule has 0 amide bonds. The van der Waals surface area contributed by atoms with E-state index in [0.717, 1.165) is 25.3 Å². The summed E-state index contributed by atoms with van der Waals surface area (Å²) in [7, 11) is 0. The predicted octanol–water partition coefficient (Wildman–Crippen LogP) is 6.40. The summed E-state index contributed by atoms with van der Waals surface area (Å²) in [5, 5.41) is 9.04. The normalized spacial score (nSPS) is 10.5. The molecule has 0 atom stereocenters. The van der Waals surface area contributed by atoms with Gasteiger partial charge in [-0.25, -0.2) is 17.6 Å². The van der Waals surface area contributed by atoms with Gasteiger partial charge in [0.05, 0.1) is 5.56 Å². The van der Waals surface area contributed by atoms with Crippen molar-refractivity contribution in [1.82, 2.24) is 0 Å². The number of benzene rings is 3. The van der Waals surface area contributed by atoms with Gasteiger partial charge in [0.1, 0.15) is 29.1 Å². The molecule has 146 valence electrons. The van der Waals surface area contributed by atoms with Crippen LogP contribution < -0.4 is 0 Å². The maximum absolute atomic E-state index is 14.4. The van der Waals surface area contributed by atoms with Crippen LogP contribution in [0.1, 0.15) is 48.4 Å². The molecule has 3 aromatic rings. The molecule has 0 saturated carbocycles. The summed E-state index contributed by atoms with van der Waals surface area (Å²) in [5.41, 5.74) is -0.304. The van der Waals surface area contributed by atoms with E-state index in [1.54, 1.807) is 0 Å². The zero-order valence-electron chi connectivity index (χ0n) is 15.8. The molecule has 0 aromatic heterocycles. The Balaban J connectivity index is 2.02. The van der Waals surface area contributed by atoms with E-state index in [2.05, 4.69) is 11.8 Å². The zero-order chi connectivity index (χ0) is 21.0. The number of nitrogens with zero attached hydrogens (tertiary/aromatic N) is 1. The second-order valence-corrected chi connectivity index (χ2v) is 6.70. The Bertz CT molecular complexity index is 1160. The molecule has 0 N–H and O–H groups in total. The molecule has 0 aliphatic carbocycles. The Morgan fingerprint density at radius 2 is 1.52 bits per heavy atom. The molecule has 0 heterocycles. The molecule has 0 saturated heterocycles. The monoisotopic (exact) mass is 395 g/mol. The predicted molar refractivity (Wildman–Crippen MR) is 104 cm³/mol. The van der Waals surface area contributed by atoms with Gasteiger partial charge < -0.3 is 0 Å². The number of halogens is 4. The first-order chi connectivity index (χ1) is 14.0. The van der Waals surface area contributed by atoms with Gasteiger partial charge in [0, 0.05) is 16.3 Å². The van der Waals surface area contributed by atoms with E-state index in [0.29, 0.717) is 12.0 Å². The van der Waals surface area contributed by atoms with Crippen molar-refractivity contribution in [3.63, 3.8) is 0 Å². The molecular weight excluding hydrogens is 378 g/mol.